The molecule has 112 valence electrons. The van der Waals surface area contributed by atoms with Gasteiger partial charge in [0, 0.05) is 18.7 Å². The summed E-state index contributed by atoms with van der Waals surface area (Å²) in [6.45, 7) is 2.01. The van der Waals surface area contributed by atoms with E-state index in [9.17, 15) is 14.4 Å². The molecule has 2 rings (SSSR count). The Morgan fingerprint density at radius 3 is 2.57 bits per heavy atom. The molecule has 21 heavy (non-hydrogen) atoms. The summed E-state index contributed by atoms with van der Waals surface area (Å²) in [7, 11) is 2.61. The van der Waals surface area contributed by atoms with Crippen LogP contribution in [0.2, 0.25) is 0 Å². The lowest BCUT2D eigenvalue weighted by molar-refractivity contribution is -0.145. The van der Waals surface area contributed by atoms with E-state index >= 15 is 0 Å². The molecular formula is C15H17NO5. The third-order valence-corrected chi connectivity index (χ3v) is 3.66. The van der Waals surface area contributed by atoms with Gasteiger partial charge in [-0.25, -0.2) is 4.79 Å². The van der Waals surface area contributed by atoms with Gasteiger partial charge in [0.2, 0.25) is 5.91 Å². The van der Waals surface area contributed by atoms with E-state index in [2.05, 4.69) is 4.74 Å². The molecule has 6 heteroatoms. The van der Waals surface area contributed by atoms with Gasteiger partial charge < -0.3 is 14.4 Å². The minimum absolute atomic E-state index is 0.120. The minimum atomic E-state index is -0.469. The Morgan fingerprint density at radius 2 is 1.95 bits per heavy atom. The normalized spacial score (nSPS) is 17.8. The van der Waals surface area contributed by atoms with Gasteiger partial charge in [0.1, 0.15) is 0 Å². The van der Waals surface area contributed by atoms with Crippen LogP contribution < -0.4 is 4.90 Å². The number of carbonyl (C=O) groups is 3. The quantitative estimate of drug-likeness (QED) is 0.785. The number of amides is 1. The van der Waals surface area contributed by atoms with Crippen molar-refractivity contribution in [2.45, 2.75) is 13.3 Å². The highest BCUT2D eigenvalue weighted by molar-refractivity contribution is 6.01. The van der Waals surface area contributed by atoms with Gasteiger partial charge in [-0.1, -0.05) is 6.07 Å². The number of benzene rings is 1. The standard InChI is InChI=1S/C15H17NO5/c1-9-11(15(19)21-3)5-4-6-12(9)16-8-10(7-13(16)17)14(18)20-2/h4-6,10H,7-8H2,1-3H3/t10-/m0/s1. The van der Waals surface area contributed by atoms with Crippen LogP contribution in [0.5, 0.6) is 0 Å². The van der Waals surface area contributed by atoms with Crippen LogP contribution in [0.25, 0.3) is 0 Å². The molecular weight excluding hydrogens is 274 g/mol. The number of hydrogen-bond donors (Lipinski definition) is 0. The summed E-state index contributed by atoms with van der Waals surface area (Å²) in [4.78, 5) is 36.9. The molecule has 1 amide bonds. The second-order valence-corrected chi connectivity index (χ2v) is 4.87. The largest absolute Gasteiger partial charge is 0.469 e. The van der Waals surface area contributed by atoms with Crippen LogP contribution in [0, 0.1) is 12.8 Å². The van der Waals surface area contributed by atoms with Crippen molar-refractivity contribution in [2.75, 3.05) is 25.7 Å². The van der Waals surface area contributed by atoms with Crippen LogP contribution in [0.15, 0.2) is 18.2 Å². The molecule has 1 aliphatic heterocycles. The molecule has 0 aliphatic carbocycles. The third kappa shape index (κ3) is 2.74. The zero-order chi connectivity index (χ0) is 15.6. The molecule has 0 spiro atoms. The lowest BCUT2D eigenvalue weighted by Gasteiger charge is -2.20. The van der Waals surface area contributed by atoms with Crippen LogP contribution in [0.1, 0.15) is 22.3 Å². The van der Waals surface area contributed by atoms with E-state index in [0.29, 0.717) is 16.8 Å². The highest BCUT2D eigenvalue weighted by Crippen LogP contribution is 2.30. The van der Waals surface area contributed by atoms with Crippen molar-refractivity contribution >= 4 is 23.5 Å². The molecule has 0 N–H and O–H groups in total. The second kappa shape index (κ2) is 5.95. The van der Waals surface area contributed by atoms with E-state index in [4.69, 9.17) is 4.74 Å². The SMILES string of the molecule is COC(=O)c1cccc(N2C[C@@H](C(=O)OC)CC2=O)c1C. The first-order valence-corrected chi connectivity index (χ1v) is 6.55. The molecule has 0 unspecified atom stereocenters. The molecule has 1 heterocycles. The first kappa shape index (κ1) is 15.0. The third-order valence-electron chi connectivity index (χ3n) is 3.66. The summed E-state index contributed by atoms with van der Waals surface area (Å²) in [6.07, 6.45) is 0.120. The predicted octanol–water partition coefficient (Wildman–Crippen LogP) is 1.31. The maximum absolute atomic E-state index is 12.1. The smallest absolute Gasteiger partial charge is 0.338 e. The minimum Gasteiger partial charge on any atom is -0.469 e. The first-order valence-electron chi connectivity index (χ1n) is 6.55. The fraction of sp³-hybridized carbons (Fsp3) is 0.400. The van der Waals surface area contributed by atoms with Gasteiger partial charge in [0.05, 0.1) is 25.7 Å². The number of esters is 2. The molecule has 0 radical (unpaired) electrons. The van der Waals surface area contributed by atoms with Gasteiger partial charge in [0.25, 0.3) is 0 Å². The van der Waals surface area contributed by atoms with Crippen molar-refractivity contribution in [3.63, 3.8) is 0 Å². The van der Waals surface area contributed by atoms with Crippen molar-refractivity contribution in [3.05, 3.63) is 29.3 Å². The summed E-state index contributed by atoms with van der Waals surface area (Å²) in [5.74, 6) is -1.47. The number of ether oxygens (including phenoxy) is 2. The Bertz CT molecular complexity index is 596. The van der Waals surface area contributed by atoms with Gasteiger partial charge in [-0.15, -0.1) is 0 Å². The van der Waals surface area contributed by atoms with E-state index in [0.717, 1.165) is 0 Å². The lowest BCUT2D eigenvalue weighted by atomic mass is 10.1. The van der Waals surface area contributed by atoms with Crippen LogP contribution in [-0.2, 0) is 19.1 Å². The number of nitrogens with zero attached hydrogens (tertiary/aromatic N) is 1. The van der Waals surface area contributed by atoms with Gasteiger partial charge in [-0.05, 0) is 24.6 Å². The summed E-state index contributed by atoms with van der Waals surface area (Å²) >= 11 is 0. The highest BCUT2D eigenvalue weighted by atomic mass is 16.5. The fourth-order valence-electron chi connectivity index (χ4n) is 2.51. The zero-order valence-electron chi connectivity index (χ0n) is 12.2. The number of hydrogen-bond acceptors (Lipinski definition) is 5. The molecule has 1 saturated heterocycles. The molecule has 1 aromatic carbocycles. The van der Waals surface area contributed by atoms with E-state index in [-0.39, 0.29) is 18.9 Å². The summed E-state index contributed by atoms with van der Waals surface area (Å²) in [6, 6.07) is 5.08. The number of methoxy groups -OCH3 is 2. The summed E-state index contributed by atoms with van der Waals surface area (Å²) in [5, 5.41) is 0. The van der Waals surface area contributed by atoms with Crippen molar-refractivity contribution in [1.29, 1.82) is 0 Å². The topological polar surface area (TPSA) is 72.9 Å². The fourth-order valence-corrected chi connectivity index (χ4v) is 2.51. The average Bonchev–Trinajstić information content (AvgIpc) is 2.87. The molecule has 0 saturated carbocycles. The number of carbonyl (C=O) groups excluding carboxylic acids is 3. The second-order valence-electron chi connectivity index (χ2n) is 4.87. The maximum Gasteiger partial charge on any atom is 0.338 e. The maximum atomic E-state index is 12.1. The van der Waals surface area contributed by atoms with Gasteiger partial charge in [-0.2, -0.15) is 0 Å². The lowest BCUT2D eigenvalue weighted by Crippen LogP contribution is -2.27. The average molecular weight is 291 g/mol. The molecule has 1 atom stereocenters. The number of anilines is 1. The van der Waals surface area contributed by atoms with E-state index in [1.165, 1.54) is 19.1 Å². The van der Waals surface area contributed by atoms with E-state index < -0.39 is 17.9 Å². The van der Waals surface area contributed by atoms with Crippen molar-refractivity contribution in [2.24, 2.45) is 5.92 Å². The summed E-state index contributed by atoms with van der Waals surface area (Å²) in [5.41, 5.74) is 1.68. The van der Waals surface area contributed by atoms with Crippen molar-refractivity contribution in [1.82, 2.24) is 0 Å². The molecule has 6 nitrogen and oxygen atoms in total. The molecule has 1 aromatic rings. The first-order chi connectivity index (χ1) is 9.99. The molecule has 0 bridgehead atoms. The monoisotopic (exact) mass is 291 g/mol. The van der Waals surface area contributed by atoms with Gasteiger partial charge in [-0.3, -0.25) is 9.59 Å². The Hall–Kier alpha value is -2.37. The Kier molecular flexibility index (Phi) is 4.26. The highest BCUT2D eigenvalue weighted by Gasteiger charge is 2.36. The van der Waals surface area contributed by atoms with Gasteiger partial charge in [0.15, 0.2) is 0 Å². The van der Waals surface area contributed by atoms with E-state index in [1.54, 1.807) is 25.1 Å². The summed E-state index contributed by atoms with van der Waals surface area (Å²) < 4.78 is 9.41. The predicted molar refractivity (Wildman–Crippen MR) is 75.0 cm³/mol. The Labute approximate surface area is 122 Å². The Morgan fingerprint density at radius 1 is 1.24 bits per heavy atom. The molecule has 1 fully saturated rings. The molecule has 0 aromatic heterocycles. The number of rotatable bonds is 3. The van der Waals surface area contributed by atoms with E-state index in [1.807, 2.05) is 0 Å². The van der Waals surface area contributed by atoms with Crippen molar-refractivity contribution in [3.8, 4) is 0 Å². The van der Waals surface area contributed by atoms with Crippen LogP contribution in [-0.4, -0.2) is 38.6 Å². The van der Waals surface area contributed by atoms with Crippen LogP contribution >= 0.6 is 0 Å². The zero-order valence-corrected chi connectivity index (χ0v) is 12.2. The van der Waals surface area contributed by atoms with Crippen LogP contribution in [0.3, 0.4) is 0 Å². The molecule has 1 aliphatic rings. The Balaban J connectivity index is 2.33. The van der Waals surface area contributed by atoms with Crippen molar-refractivity contribution < 1.29 is 23.9 Å². The van der Waals surface area contributed by atoms with Crippen LogP contribution in [0.4, 0.5) is 5.69 Å². The van der Waals surface area contributed by atoms with Gasteiger partial charge >= 0.3 is 11.9 Å².